The van der Waals surface area contributed by atoms with Crippen molar-refractivity contribution >= 4 is 17.7 Å². The number of carbonyl (C=O) groups excluding carboxylic acids is 3. The Balaban J connectivity index is 2.25. The molecule has 37 heavy (non-hydrogen) atoms. The quantitative estimate of drug-likeness (QED) is 0.405. The Hall–Kier alpha value is -3.49. The van der Waals surface area contributed by atoms with E-state index in [-0.39, 0.29) is 30.9 Å². The molecule has 0 bridgehead atoms. The molecule has 0 spiro atoms. The van der Waals surface area contributed by atoms with Gasteiger partial charge in [-0.05, 0) is 37.5 Å². The van der Waals surface area contributed by atoms with Crippen LogP contribution >= 0.6 is 0 Å². The number of rotatable bonds is 13. The minimum absolute atomic E-state index is 0.0255. The number of hydrogen-bond donors (Lipinski definition) is 2. The third kappa shape index (κ3) is 9.82. The van der Waals surface area contributed by atoms with E-state index in [2.05, 4.69) is 5.32 Å². The monoisotopic (exact) mass is 508 g/mol. The fourth-order valence-corrected chi connectivity index (χ4v) is 3.74. The lowest BCUT2D eigenvalue weighted by Crippen LogP contribution is -2.56. The molecule has 3 amide bonds. The molecule has 0 aromatic heterocycles. The molecule has 0 aliphatic carbocycles. The van der Waals surface area contributed by atoms with Crippen LogP contribution in [0.5, 0.6) is 0 Å². The summed E-state index contributed by atoms with van der Waals surface area (Å²) in [5.41, 5.74) is 7.43. The number of nitrogens with two attached hydrogens (primary N) is 1. The molecule has 8 heteroatoms. The Bertz CT molecular complexity index is 1030. The number of ether oxygens (including phenoxy) is 1. The smallest absolute Gasteiger partial charge is 0.248 e. The van der Waals surface area contributed by atoms with Crippen molar-refractivity contribution in [1.29, 1.82) is 0 Å². The molecule has 0 saturated carbocycles. The second kappa shape index (κ2) is 14.3. The Morgan fingerprint density at radius 2 is 1.51 bits per heavy atom. The van der Waals surface area contributed by atoms with Crippen molar-refractivity contribution in [1.82, 2.24) is 15.1 Å². The Morgan fingerprint density at radius 3 is 2.05 bits per heavy atom. The van der Waals surface area contributed by atoms with Crippen molar-refractivity contribution in [2.45, 2.75) is 50.9 Å². The van der Waals surface area contributed by atoms with Crippen molar-refractivity contribution < 1.29 is 19.1 Å². The van der Waals surface area contributed by atoms with Gasteiger partial charge in [-0.1, -0.05) is 66.7 Å². The average Bonchev–Trinajstić information content (AvgIpc) is 2.88. The first-order chi connectivity index (χ1) is 17.5. The summed E-state index contributed by atoms with van der Waals surface area (Å²) in [6.45, 7) is 4.00. The first-order valence-corrected chi connectivity index (χ1v) is 12.4. The van der Waals surface area contributed by atoms with Crippen molar-refractivity contribution in [3.8, 4) is 0 Å². The fraction of sp³-hybridized carbons (Fsp3) is 0.414. The Morgan fingerprint density at radius 1 is 0.946 bits per heavy atom. The summed E-state index contributed by atoms with van der Waals surface area (Å²) in [6.07, 6.45) is 3.97. The molecular formula is C29H40N4O4. The number of carbonyl (C=O) groups is 3. The highest BCUT2D eigenvalue weighted by molar-refractivity contribution is 5.94. The predicted molar refractivity (Wildman–Crippen MR) is 145 cm³/mol. The number of likely N-dealkylation sites (N-methyl/N-ethyl adjacent to an activating group) is 3. The number of hydrogen-bond acceptors (Lipinski definition) is 5. The molecule has 2 unspecified atom stereocenters. The van der Waals surface area contributed by atoms with E-state index in [1.54, 1.807) is 27.2 Å². The van der Waals surface area contributed by atoms with E-state index in [4.69, 9.17) is 10.5 Å². The molecule has 0 aliphatic heterocycles. The molecule has 0 radical (unpaired) electrons. The lowest BCUT2D eigenvalue weighted by Gasteiger charge is -2.34. The second-order valence-electron chi connectivity index (χ2n) is 9.83. The molecule has 2 atom stereocenters. The molecule has 200 valence electrons. The molecule has 0 saturated heterocycles. The summed E-state index contributed by atoms with van der Waals surface area (Å²) in [6, 6.07) is 17.4. The standard InChI is InChI=1S/C29H40N4O4/c1-29(2,30)18-12-17-26(34)32(4)25(21-37-20-23-15-10-7-11-16-23)28(36)33(5)24(27(35)31-3)19-22-13-8-6-9-14-22/h6-17,24-25H,18-21,30H2,1-5H3,(H,31,35)/b17-12+. The number of nitrogens with zero attached hydrogens (tertiary/aromatic N) is 2. The van der Waals surface area contributed by atoms with Crippen LogP contribution in [0.3, 0.4) is 0 Å². The lowest BCUT2D eigenvalue weighted by molar-refractivity contribution is -0.148. The maximum absolute atomic E-state index is 13.7. The van der Waals surface area contributed by atoms with E-state index >= 15 is 0 Å². The van der Waals surface area contributed by atoms with Crippen LogP contribution in [0.1, 0.15) is 31.4 Å². The van der Waals surface area contributed by atoms with Crippen molar-refractivity contribution in [3.63, 3.8) is 0 Å². The number of amides is 3. The lowest BCUT2D eigenvalue weighted by atomic mass is 10.0. The maximum Gasteiger partial charge on any atom is 0.248 e. The van der Waals surface area contributed by atoms with Gasteiger partial charge in [-0.2, -0.15) is 0 Å². The topological polar surface area (TPSA) is 105 Å². The highest BCUT2D eigenvalue weighted by atomic mass is 16.5. The van der Waals surface area contributed by atoms with Crippen LogP contribution in [0.2, 0.25) is 0 Å². The molecule has 2 rings (SSSR count). The van der Waals surface area contributed by atoms with Crippen molar-refractivity contribution in [2.75, 3.05) is 27.7 Å². The summed E-state index contributed by atoms with van der Waals surface area (Å²) < 4.78 is 5.88. The Labute approximate surface area is 220 Å². The van der Waals surface area contributed by atoms with Gasteiger partial charge in [0, 0.05) is 33.1 Å². The van der Waals surface area contributed by atoms with Crippen molar-refractivity contribution in [3.05, 3.63) is 83.9 Å². The normalized spacial score (nSPS) is 13.1. The van der Waals surface area contributed by atoms with E-state index in [1.165, 1.54) is 15.9 Å². The van der Waals surface area contributed by atoms with Gasteiger partial charge < -0.3 is 25.6 Å². The molecular weight excluding hydrogens is 468 g/mol. The zero-order chi connectivity index (χ0) is 27.4. The number of benzene rings is 2. The fourth-order valence-electron chi connectivity index (χ4n) is 3.74. The zero-order valence-electron chi connectivity index (χ0n) is 22.5. The van der Waals surface area contributed by atoms with Gasteiger partial charge in [-0.3, -0.25) is 14.4 Å². The number of nitrogens with one attached hydrogen (secondary N) is 1. The molecule has 0 aliphatic rings. The summed E-state index contributed by atoms with van der Waals surface area (Å²) in [5.74, 6) is -1.03. The van der Waals surface area contributed by atoms with Gasteiger partial charge in [0.05, 0.1) is 13.2 Å². The van der Waals surface area contributed by atoms with Crippen LogP contribution in [0.25, 0.3) is 0 Å². The van der Waals surface area contributed by atoms with Crippen LogP contribution in [0, 0.1) is 0 Å². The van der Waals surface area contributed by atoms with Gasteiger partial charge >= 0.3 is 0 Å². The molecule has 2 aromatic rings. The molecule has 0 fully saturated rings. The van der Waals surface area contributed by atoms with E-state index in [0.29, 0.717) is 12.8 Å². The molecule has 0 heterocycles. The second-order valence-corrected chi connectivity index (χ2v) is 9.83. The van der Waals surface area contributed by atoms with Gasteiger partial charge in [-0.15, -0.1) is 0 Å². The van der Waals surface area contributed by atoms with Gasteiger partial charge in [0.25, 0.3) is 0 Å². The first kappa shape index (κ1) is 29.7. The molecule has 2 aromatic carbocycles. The third-order valence-corrected chi connectivity index (χ3v) is 6.03. The highest BCUT2D eigenvalue weighted by Gasteiger charge is 2.34. The van der Waals surface area contributed by atoms with Gasteiger partial charge in [0.2, 0.25) is 17.7 Å². The van der Waals surface area contributed by atoms with E-state index in [0.717, 1.165) is 11.1 Å². The van der Waals surface area contributed by atoms with Crippen LogP contribution in [0.15, 0.2) is 72.8 Å². The zero-order valence-corrected chi connectivity index (χ0v) is 22.5. The third-order valence-electron chi connectivity index (χ3n) is 6.03. The summed E-state index contributed by atoms with van der Waals surface area (Å²) in [7, 11) is 4.69. The van der Waals surface area contributed by atoms with Crippen LogP contribution in [0.4, 0.5) is 0 Å². The van der Waals surface area contributed by atoms with Gasteiger partial charge in [0.1, 0.15) is 12.1 Å². The summed E-state index contributed by atoms with van der Waals surface area (Å²) in [4.78, 5) is 42.3. The summed E-state index contributed by atoms with van der Waals surface area (Å²) in [5, 5.41) is 2.65. The van der Waals surface area contributed by atoms with Crippen molar-refractivity contribution in [2.24, 2.45) is 5.73 Å². The van der Waals surface area contributed by atoms with Crippen LogP contribution < -0.4 is 11.1 Å². The minimum atomic E-state index is -0.931. The van der Waals surface area contributed by atoms with Crippen LogP contribution in [-0.2, 0) is 32.1 Å². The summed E-state index contributed by atoms with van der Waals surface area (Å²) >= 11 is 0. The van der Waals surface area contributed by atoms with E-state index in [9.17, 15) is 14.4 Å². The maximum atomic E-state index is 13.7. The van der Waals surface area contributed by atoms with Gasteiger partial charge in [0.15, 0.2) is 0 Å². The molecule has 8 nitrogen and oxygen atoms in total. The average molecular weight is 509 g/mol. The van der Waals surface area contributed by atoms with Crippen LogP contribution in [-0.4, -0.2) is 72.9 Å². The largest absolute Gasteiger partial charge is 0.374 e. The van der Waals surface area contributed by atoms with E-state index < -0.39 is 17.6 Å². The predicted octanol–water partition coefficient (Wildman–Crippen LogP) is 2.53. The van der Waals surface area contributed by atoms with E-state index in [1.807, 2.05) is 74.5 Å². The highest BCUT2D eigenvalue weighted by Crippen LogP contribution is 2.14. The minimum Gasteiger partial charge on any atom is -0.374 e. The SMILES string of the molecule is CNC(=O)C(Cc1ccccc1)N(C)C(=O)C(COCc1ccccc1)N(C)C(=O)/C=C/CC(C)(C)N. The van der Waals surface area contributed by atoms with Gasteiger partial charge in [-0.25, -0.2) is 0 Å². The molecule has 3 N–H and O–H groups in total. The first-order valence-electron chi connectivity index (χ1n) is 12.4. The Kier molecular flexibility index (Phi) is 11.5.